The molecule has 0 spiro atoms. The van der Waals surface area contributed by atoms with Gasteiger partial charge < -0.3 is 29.5 Å². The third kappa shape index (κ3) is 5.87. The second-order valence-electron chi connectivity index (χ2n) is 11.3. The summed E-state index contributed by atoms with van der Waals surface area (Å²) in [6.45, 7) is 7.37. The average molecular weight is 549 g/mol. The van der Waals surface area contributed by atoms with E-state index in [4.69, 9.17) is 9.15 Å². The molecule has 0 bridgehead atoms. The third-order valence-corrected chi connectivity index (χ3v) is 8.44. The minimum Gasteiger partial charge on any atom is -0.488 e. The third-order valence-electron chi connectivity index (χ3n) is 8.44. The van der Waals surface area contributed by atoms with Crippen molar-refractivity contribution in [3.63, 3.8) is 0 Å². The predicted molar refractivity (Wildman–Crippen MR) is 152 cm³/mol. The topological polar surface area (TPSA) is 94.0 Å². The summed E-state index contributed by atoms with van der Waals surface area (Å²) in [7, 11) is 0. The van der Waals surface area contributed by atoms with Crippen LogP contribution in [-0.4, -0.2) is 76.7 Å². The van der Waals surface area contributed by atoms with Gasteiger partial charge in [0.1, 0.15) is 29.5 Å². The molecule has 0 aliphatic carbocycles. The van der Waals surface area contributed by atoms with E-state index in [2.05, 4.69) is 27.0 Å². The second-order valence-corrected chi connectivity index (χ2v) is 11.3. The number of hydrogen-bond donors (Lipinski definition) is 3. The Hall–Kier alpha value is -3.40. The van der Waals surface area contributed by atoms with E-state index in [0.29, 0.717) is 28.5 Å². The van der Waals surface area contributed by atoms with Crippen molar-refractivity contribution in [2.75, 3.05) is 32.7 Å². The van der Waals surface area contributed by atoms with E-state index in [1.165, 1.54) is 12.1 Å². The molecule has 0 saturated carbocycles. The highest BCUT2D eigenvalue weighted by Gasteiger charge is 2.26. The second kappa shape index (κ2) is 11.6. The van der Waals surface area contributed by atoms with Gasteiger partial charge in [-0.15, -0.1) is 0 Å². The van der Waals surface area contributed by atoms with Gasteiger partial charge in [0, 0.05) is 66.7 Å². The number of aromatic nitrogens is 1. The Labute approximate surface area is 233 Å². The maximum absolute atomic E-state index is 13.7. The number of furan rings is 1. The number of fused-ring (bicyclic) bond motifs is 2. The van der Waals surface area contributed by atoms with Gasteiger partial charge >= 0.3 is 0 Å². The molecule has 1 amide bonds. The summed E-state index contributed by atoms with van der Waals surface area (Å²) in [5, 5.41) is 14.5. The first kappa shape index (κ1) is 26.8. The lowest BCUT2D eigenvalue weighted by Crippen LogP contribution is -2.50. The highest BCUT2D eigenvalue weighted by Crippen LogP contribution is 2.29. The van der Waals surface area contributed by atoms with E-state index in [1.54, 1.807) is 12.3 Å². The summed E-state index contributed by atoms with van der Waals surface area (Å²) >= 11 is 0. The number of aliphatic hydroxyl groups excluding tert-OH is 1. The van der Waals surface area contributed by atoms with Crippen LogP contribution in [0, 0.1) is 5.82 Å². The first-order valence-electron chi connectivity index (χ1n) is 14.3. The fourth-order valence-electron chi connectivity index (χ4n) is 6.04. The van der Waals surface area contributed by atoms with Crippen LogP contribution in [0.5, 0.6) is 5.75 Å². The number of amides is 1. The monoisotopic (exact) mass is 548 g/mol. The SMILES string of the molecule is C[C@@H](CN1CCC(NC(=O)c2cc3c(OCc4coc5ccc(F)cc45)cccc3[nH]2)CC1)N1CCC(O)CC1. The van der Waals surface area contributed by atoms with Gasteiger partial charge in [-0.05, 0) is 69.0 Å². The number of aromatic amines is 1. The summed E-state index contributed by atoms with van der Waals surface area (Å²) < 4.78 is 25.3. The fraction of sp³-hybridized carbons (Fsp3) is 0.452. The van der Waals surface area contributed by atoms with Crippen molar-refractivity contribution < 1.29 is 23.4 Å². The lowest BCUT2D eigenvalue weighted by molar-refractivity contribution is 0.0497. The van der Waals surface area contributed by atoms with E-state index in [-0.39, 0.29) is 30.5 Å². The normalized spacial score (nSPS) is 18.9. The van der Waals surface area contributed by atoms with Crippen LogP contribution in [0.25, 0.3) is 21.9 Å². The maximum atomic E-state index is 13.7. The van der Waals surface area contributed by atoms with E-state index < -0.39 is 0 Å². The Balaban J connectivity index is 1.03. The molecular weight excluding hydrogens is 511 g/mol. The molecule has 40 heavy (non-hydrogen) atoms. The number of nitrogens with one attached hydrogen (secondary N) is 2. The van der Waals surface area contributed by atoms with Gasteiger partial charge in [0.05, 0.1) is 12.4 Å². The number of benzene rings is 2. The number of halogens is 1. The van der Waals surface area contributed by atoms with Crippen molar-refractivity contribution in [3.05, 3.63) is 65.8 Å². The van der Waals surface area contributed by atoms with Crippen LogP contribution >= 0.6 is 0 Å². The Morgan fingerprint density at radius 3 is 2.73 bits per heavy atom. The number of rotatable bonds is 8. The van der Waals surface area contributed by atoms with Gasteiger partial charge in [0.15, 0.2) is 0 Å². The molecular formula is C31H37FN4O4. The average Bonchev–Trinajstić information content (AvgIpc) is 3.58. The van der Waals surface area contributed by atoms with Crippen LogP contribution in [0.2, 0.25) is 0 Å². The van der Waals surface area contributed by atoms with E-state index in [1.807, 2.05) is 24.3 Å². The summed E-state index contributed by atoms with van der Waals surface area (Å²) in [5.74, 6) is 0.207. The molecule has 9 heteroatoms. The number of aliphatic hydroxyl groups is 1. The van der Waals surface area contributed by atoms with Gasteiger partial charge in [-0.1, -0.05) is 6.07 Å². The molecule has 8 nitrogen and oxygen atoms in total. The van der Waals surface area contributed by atoms with Crippen molar-refractivity contribution in [3.8, 4) is 5.75 Å². The highest BCUT2D eigenvalue weighted by molar-refractivity contribution is 5.99. The molecule has 3 N–H and O–H groups in total. The zero-order valence-corrected chi connectivity index (χ0v) is 22.9. The number of H-pyrrole nitrogens is 1. The van der Waals surface area contributed by atoms with Crippen LogP contribution in [0.1, 0.15) is 48.7 Å². The lowest BCUT2D eigenvalue weighted by atomic mass is 10.0. The molecule has 2 fully saturated rings. The van der Waals surface area contributed by atoms with Crippen LogP contribution in [-0.2, 0) is 6.61 Å². The Kier molecular flexibility index (Phi) is 7.78. The molecule has 1 atom stereocenters. The summed E-state index contributed by atoms with van der Waals surface area (Å²) in [4.78, 5) is 21.3. The van der Waals surface area contributed by atoms with Crippen LogP contribution in [0.15, 0.2) is 53.1 Å². The predicted octanol–water partition coefficient (Wildman–Crippen LogP) is 4.67. The smallest absolute Gasteiger partial charge is 0.267 e. The van der Waals surface area contributed by atoms with Crippen molar-refractivity contribution in [2.24, 2.45) is 0 Å². The summed E-state index contributed by atoms with van der Waals surface area (Å²) in [6, 6.07) is 12.5. The Morgan fingerprint density at radius 2 is 1.93 bits per heavy atom. The van der Waals surface area contributed by atoms with Crippen LogP contribution in [0.3, 0.4) is 0 Å². The van der Waals surface area contributed by atoms with Crippen molar-refractivity contribution in [2.45, 2.75) is 57.4 Å². The number of carbonyl (C=O) groups excluding carboxylic acids is 1. The molecule has 2 saturated heterocycles. The largest absolute Gasteiger partial charge is 0.488 e. The highest BCUT2D eigenvalue weighted by atomic mass is 19.1. The number of nitrogens with zero attached hydrogens (tertiary/aromatic N) is 2. The van der Waals surface area contributed by atoms with E-state index in [0.717, 1.165) is 74.9 Å². The van der Waals surface area contributed by atoms with Gasteiger partial charge in [-0.3, -0.25) is 9.69 Å². The molecule has 4 heterocycles. The number of carbonyl (C=O) groups is 1. The first-order valence-corrected chi connectivity index (χ1v) is 14.3. The standard InChI is InChI=1S/C31H37FN4O4/c1-20(36-13-9-24(37)10-14-36)17-35-11-7-23(8-12-35)33-31(38)28-16-26-27(34-28)3-2-4-29(26)39-18-21-19-40-30-6-5-22(32)15-25(21)30/h2-6,15-16,19-20,23-24,34,37H,7-14,17-18H2,1H3,(H,33,38)/t20-/m0/s1. The zero-order valence-electron chi connectivity index (χ0n) is 22.9. The first-order chi connectivity index (χ1) is 19.4. The minimum atomic E-state index is -0.322. The number of hydrogen-bond acceptors (Lipinski definition) is 6. The van der Waals surface area contributed by atoms with Crippen molar-refractivity contribution >= 4 is 27.8 Å². The Bertz CT molecular complexity index is 1470. The molecule has 4 aromatic rings. The number of piperidine rings is 2. The molecule has 2 aliphatic rings. The zero-order chi connectivity index (χ0) is 27.6. The molecule has 212 valence electrons. The minimum absolute atomic E-state index is 0.114. The Morgan fingerprint density at radius 1 is 1.12 bits per heavy atom. The molecule has 0 unspecified atom stereocenters. The fourth-order valence-corrected chi connectivity index (χ4v) is 6.04. The molecule has 2 aliphatic heterocycles. The van der Waals surface area contributed by atoms with E-state index >= 15 is 0 Å². The molecule has 2 aromatic carbocycles. The molecule has 0 radical (unpaired) electrons. The number of likely N-dealkylation sites (tertiary alicyclic amines) is 2. The van der Waals surface area contributed by atoms with E-state index in [9.17, 15) is 14.3 Å². The van der Waals surface area contributed by atoms with Gasteiger partial charge in [-0.25, -0.2) is 4.39 Å². The van der Waals surface area contributed by atoms with Crippen molar-refractivity contribution in [1.82, 2.24) is 20.1 Å². The maximum Gasteiger partial charge on any atom is 0.267 e. The number of ether oxygens (including phenoxy) is 1. The van der Waals surface area contributed by atoms with Crippen LogP contribution < -0.4 is 10.1 Å². The van der Waals surface area contributed by atoms with Crippen molar-refractivity contribution in [1.29, 1.82) is 0 Å². The summed E-state index contributed by atoms with van der Waals surface area (Å²) in [6.07, 6.45) is 5.01. The molecule has 6 rings (SSSR count). The summed E-state index contributed by atoms with van der Waals surface area (Å²) in [5.41, 5.74) is 2.70. The molecule has 2 aromatic heterocycles. The van der Waals surface area contributed by atoms with Gasteiger partial charge in [0.25, 0.3) is 5.91 Å². The lowest BCUT2D eigenvalue weighted by Gasteiger charge is -2.39. The van der Waals surface area contributed by atoms with Gasteiger partial charge in [-0.2, -0.15) is 0 Å². The quantitative estimate of drug-likeness (QED) is 0.296. The van der Waals surface area contributed by atoms with Gasteiger partial charge in [0.2, 0.25) is 0 Å². The van der Waals surface area contributed by atoms with Crippen LogP contribution in [0.4, 0.5) is 4.39 Å².